The van der Waals surface area contributed by atoms with Crippen molar-refractivity contribution < 1.29 is 14.6 Å². The van der Waals surface area contributed by atoms with Crippen molar-refractivity contribution in [1.29, 1.82) is 0 Å². The van der Waals surface area contributed by atoms with Crippen LogP contribution in [-0.4, -0.2) is 18.3 Å². The van der Waals surface area contributed by atoms with Gasteiger partial charge in [-0.05, 0) is 36.2 Å². The van der Waals surface area contributed by atoms with Crippen molar-refractivity contribution in [2.45, 2.75) is 13.5 Å². The van der Waals surface area contributed by atoms with E-state index in [2.05, 4.69) is 0 Å². The van der Waals surface area contributed by atoms with Gasteiger partial charge in [0.25, 0.3) is 0 Å². The summed E-state index contributed by atoms with van der Waals surface area (Å²) < 4.78 is 11.2. The molecule has 0 unspecified atom stereocenters. The molecule has 0 fully saturated rings. The smallest absolute Gasteiger partial charge is 0.122 e. The van der Waals surface area contributed by atoms with Crippen LogP contribution in [0.2, 0.25) is 0 Å². The monoisotopic (exact) mass is 258 g/mol. The van der Waals surface area contributed by atoms with Gasteiger partial charge in [-0.15, -0.1) is 0 Å². The predicted octanol–water partition coefficient (Wildman–Crippen LogP) is 2.95. The van der Waals surface area contributed by atoms with Crippen LogP contribution in [0.25, 0.3) is 0 Å². The number of hydrogen-bond acceptors (Lipinski definition) is 3. The molecule has 0 amide bonds. The third-order valence-corrected chi connectivity index (χ3v) is 2.78. The van der Waals surface area contributed by atoms with Gasteiger partial charge in [0, 0.05) is 0 Å². The second-order valence-electron chi connectivity index (χ2n) is 4.27. The van der Waals surface area contributed by atoms with Crippen LogP contribution < -0.4 is 9.47 Å². The zero-order valence-corrected chi connectivity index (χ0v) is 11.0. The van der Waals surface area contributed by atoms with E-state index in [1.54, 1.807) is 0 Å². The van der Waals surface area contributed by atoms with E-state index in [-0.39, 0.29) is 6.61 Å². The first-order valence-corrected chi connectivity index (χ1v) is 6.30. The van der Waals surface area contributed by atoms with Crippen molar-refractivity contribution in [3.63, 3.8) is 0 Å². The van der Waals surface area contributed by atoms with E-state index in [1.165, 1.54) is 0 Å². The van der Waals surface area contributed by atoms with Crippen LogP contribution in [0.3, 0.4) is 0 Å². The maximum atomic E-state index is 9.03. The van der Waals surface area contributed by atoms with Crippen molar-refractivity contribution >= 4 is 0 Å². The fourth-order valence-corrected chi connectivity index (χ4v) is 1.76. The Kier molecular flexibility index (Phi) is 4.81. The first kappa shape index (κ1) is 13.4. The quantitative estimate of drug-likeness (QED) is 0.810. The van der Waals surface area contributed by atoms with E-state index < -0.39 is 0 Å². The van der Waals surface area contributed by atoms with Gasteiger partial charge in [-0.2, -0.15) is 0 Å². The molecule has 0 saturated carbocycles. The van der Waals surface area contributed by atoms with E-state index in [0.29, 0.717) is 13.2 Å². The maximum Gasteiger partial charge on any atom is 0.122 e. The van der Waals surface area contributed by atoms with E-state index in [1.807, 2.05) is 55.5 Å². The average molecular weight is 258 g/mol. The first-order valence-electron chi connectivity index (χ1n) is 6.30. The summed E-state index contributed by atoms with van der Waals surface area (Å²) in [5, 5.41) is 9.03. The molecule has 0 bridgehead atoms. The number of aliphatic hydroxyl groups excluding tert-OH is 1. The number of ether oxygens (including phenoxy) is 2. The summed E-state index contributed by atoms with van der Waals surface area (Å²) in [5.74, 6) is 1.63. The summed E-state index contributed by atoms with van der Waals surface area (Å²) in [6.45, 7) is 3.01. The fraction of sp³-hybridized carbons (Fsp3) is 0.250. The Morgan fingerprint density at radius 3 is 2.53 bits per heavy atom. The topological polar surface area (TPSA) is 38.7 Å². The van der Waals surface area contributed by atoms with Gasteiger partial charge in [0.1, 0.15) is 24.7 Å². The second-order valence-corrected chi connectivity index (χ2v) is 4.27. The van der Waals surface area contributed by atoms with E-state index in [0.717, 1.165) is 22.6 Å². The highest BCUT2D eigenvalue weighted by atomic mass is 16.5. The van der Waals surface area contributed by atoms with Gasteiger partial charge in [-0.3, -0.25) is 0 Å². The summed E-state index contributed by atoms with van der Waals surface area (Å²) in [7, 11) is 0. The third kappa shape index (κ3) is 4.00. The Hall–Kier alpha value is -2.00. The predicted molar refractivity (Wildman–Crippen MR) is 74.5 cm³/mol. The number of benzene rings is 2. The molecule has 1 N–H and O–H groups in total. The van der Waals surface area contributed by atoms with Crippen LogP contribution in [0, 0.1) is 6.92 Å². The van der Waals surface area contributed by atoms with Crippen LogP contribution in [-0.2, 0) is 6.61 Å². The van der Waals surface area contributed by atoms with Crippen LogP contribution in [0.5, 0.6) is 11.5 Å². The lowest BCUT2D eigenvalue weighted by Crippen LogP contribution is -2.09. The molecule has 2 aromatic carbocycles. The normalized spacial score (nSPS) is 10.2. The Labute approximate surface area is 113 Å². The van der Waals surface area contributed by atoms with Gasteiger partial charge < -0.3 is 14.6 Å². The SMILES string of the molecule is Cc1ccccc1OCCOc1cccc(CO)c1. The molecule has 0 aliphatic carbocycles. The van der Waals surface area contributed by atoms with Gasteiger partial charge in [-0.1, -0.05) is 30.3 Å². The zero-order chi connectivity index (χ0) is 13.5. The number of aliphatic hydroxyl groups is 1. The Morgan fingerprint density at radius 1 is 0.947 bits per heavy atom. The number of hydrogen-bond donors (Lipinski definition) is 1. The Balaban J connectivity index is 1.79. The highest BCUT2D eigenvalue weighted by Gasteiger charge is 1.99. The largest absolute Gasteiger partial charge is 0.490 e. The fourth-order valence-electron chi connectivity index (χ4n) is 1.76. The van der Waals surface area contributed by atoms with E-state index >= 15 is 0 Å². The standard InChI is InChI=1S/C16H18O3/c1-13-5-2-3-8-16(13)19-10-9-18-15-7-4-6-14(11-15)12-17/h2-8,11,17H,9-10,12H2,1H3. The Bertz CT molecular complexity index is 523. The van der Waals surface area contributed by atoms with Crippen LogP contribution in [0.4, 0.5) is 0 Å². The molecule has 19 heavy (non-hydrogen) atoms. The van der Waals surface area contributed by atoms with Crippen molar-refractivity contribution in [3.05, 3.63) is 59.7 Å². The second kappa shape index (κ2) is 6.81. The van der Waals surface area contributed by atoms with Gasteiger partial charge in [0.15, 0.2) is 0 Å². The molecule has 0 radical (unpaired) electrons. The molecule has 0 saturated heterocycles. The summed E-state index contributed by atoms with van der Waals surface area (Å²) in [5.41, 5.74) is 1.96. The van der Waals surface area contributed by atoms with Crippen molar-refractivity contribution in [3.8, 4) is 11.5 Å². The maximum absolute atomic E-state index is 9.03. The molecule has 0 atom stereocenters. The van der Waals surface area contributed by atoms with E-state index in [4.69, 9.17) is 14.6 Å². The van der Waals surface area contributed by atoms with Gasteiger partial charge in [0.05, 0.1) is 6.61 Å². The molecule has 0 spiro atoms. The molecule has 0 heterocycles. The lowest BCUT2D eigenvalue weighted by Gasteiger charge is -2.10. The zero-order valence-electron chi connectivity index (χ0n) is 11.0. The number of para-hydroxylation sites is 1. The highest BCUT2D eigenvalue weighted by molar-refractivity contribution is 5.31. The highest BCUT2D eigenvalue weighted by Crippen LogP contribution is 2.16. The number of aryl methyl sites for hydroxylation is 1. The van der Waals surface area contributed by atoms with Gasteiger partial charge in [-0.25, -0.2) is 0 Å². The molecule has 0 aromatic heterocycles. The summed E-state index contributed by atoms with van der Waals surface area (Å²) in [6, 6.07) is 15.3. The lowest BCUT2D eigenvalue weighted by molar-refractivity contribution is 0.215. The average Bonchev–Trinajstić information content (AvgIpc) is 2.45. The molecule has 2 aromatic rings. The van der Waals surface area contributed by atoms with Gasteiger partial charge in [0.2, 0.25) is 0 Å². The summed E-state index contributed by atoms with van der Waals surface area (Å²) in [6.07, 6.45) is 0. The third-order valence-electron chi connectivity index (χ3n) is 2.78. The molecule has 0 aliphatic heterocycles. The molecule has 3 heteroatoms. The number of rotatable bonds is 6. The first-order chi connectivity index (χ1) is 9.29. The molecule has 2 rings (SSSR count). The molecular weight excluding hydrogens is 240 g/mol. The van der Waals surface area contributed by atoms with Crippen LogP contribution >= 0.6 is 0 Å². The van der Waals surface area contributed by atoms with Gasteiger partial charge >= 0.3 is 0 Å². The van der Waals surface area contributed by atoms with Crippen molar-refractivity contribution in [1.82, 2.24) is 0 Å². The van der Waals surface area contributed by atoms with Crippen molar-refractivity contribution in [2.24, 2.45) is 0 Å². The van der Waals surface area contributed by atoms with Crippen LogP contribution in [0.1, 0.15) is 11.1 Å². The lowest BCUT2D eigenvalue weighted by atomic mass is 10.2. The minimum atomic E-state index is 0.0247. The van der Waals surface area contributed by atoms with Crippen molar-refractivity contribution in [2.75, 3.05) is 13.2 Å². The molecular formula is C16H18O3. The minimum absolute atomic E-state index is 0.0247. The van der Waals surface area contributed by atoms with Crippen LogP contribution in [0.15, 0.2) is 48.5 Å². The molecule has 3 nitrogen and oxygen atoms in total. The Morgan fingerprint density at radius 2 is 1.74 bits per heavy atom. The minimum Gasteiger partial charge on any atom is -0.490 e. The van der Waals surface area contributed by atoms with E-state index in [9.17, 15) is 0 Å². The molecule has 0 aliphatic rings. The molecule has 100 valence electrons. The summed E-state index contributed by atoms with van der Waals surface area (Å²) in [4.78, 5) is 0. The summed E-state index contributed by atoms with van der Waals surface area (Å²) >= 11 is 0.